The number of aromatic nitrogens is 4. The Labute approximate surface area is 86.0 Å². The molecule has 76 valence electrons. The Hall–Kier alpha value is -2.24. The van der Waals surface area contributed by atoms with Crippen LogP contribution in [0, 0.1) is 0 Å². The van der Waals surface area contributed by atoms with Crippen LogP contribution in [0.3, 0.4) is 0 Å². The number of carbonyl (C=O) groups excluding carboxylic acids is 1. The van der Waals surface area contributed by atoms with Crippen LogP contribution in [0.5, 0.6) is 0 Å². The minimum absolute atomic E-state index is 0.234. The fraction of sp³-hybridized carbons (Fsp3) is 0.111. The van der Waals surface area contributed by atoms with E-state index >= 15 is 0 Å². The number of amides is 1. The van der Waals surface area contributed by atoms with Crippen LogP contribution in [-0.4, -0.2) is 25.7 Å². The van der Waals surface area contributed by atoms with Gasteiger partial charge in [0.15, 0.2) is 0 Å². The molecule has 0 bridgehead atoms. The number of anilines is 1. The van der Waals surface area contributed by atoms with Crippen LogP contribution in [-0.2, 0) is 7.05 Å². The van der Waals surface area contributed by atoms with Crippen LogP contribution in [0.4, 0.5) is 5.82 Å². The summed E-state index contributed by atoms with van der Waals surface area (Å²) in [5.41, 5.74) is 0.496. The first-order chi connectivity index (χ1) is 7.25. The van der Waals surface area contributed by atoms with Crippen LogP contribution < -0.4 is 5.32 Å². The van der Waals surface area contributed by atoms with Crippen molar-refractivity contribution in [3.63, 3.8) is 0 Å². The Morgan fingerprint density at radius 2 is 2.40 bits per heavy atom. The third-order valence-corrected chi connectivity index (χ3v) is 1.79. The molecule has 0 spiro atoms. The number of hydrogen-bond acceptors (Lipinski definition) is 4. The molecule has 0 saturated heterocycles. The van der Waals surface area contributed by atoms with Gasteiger partial charge in [-0.2, -0.15) is 5.10 Å². The fourth-order valence-corrected chi connectivity index (χ4v) is 1.09. The van der Waals surface area contributed by atoms with E-state index in [2.05, 4.69) is 20.4 Å². The molecule has 2 rings (SSSR count). The normalized spacial score (nSPS) is 9.93. The molecule has 2 aromatic heterocycles. The van der Waals surface area contributed by atoms with Crippen molar-refractivity contribution in [2.75, 3.05) is 5.32 Å². The molecule has 0 aliphatic rings. The standard InChI is InChI=1S/C9H9N5O/c1-14-5-7(4-12-14)9(15)13-8-2-3-10-6-11-8/h2-6H,1H3,(H,10,11,13,15). The van der Waals surface area contributed by atoms with Gasteiger partial charge in [-0.25, -0.2) is 9.97 Å². The van der Waals surface area contributed by atoms with E-state index < -0.39 is 0 Å². The van der Waals surface area contributed by atoms with E-state index in [1.807, 2.05) is 0 Å². The first-order valence-corrected chi connectivity index (χ1v) is 4.32. The highest BCUT2D eigenvalue weighted by Gasteiger charge is 2.07. The Morgan fingerprint density at radius 1 is 1.53 bits per heavy atom. The van der Waals surface area contributed by atoms with Gasteiger partial charge in [-0.1, -0.05) is 0 Å². The molecular weight excluding hydrogens is 194 g/mol. The zero-order chi connectivity index (χ0) is 10.7. The van der Waals surface area contributed by atoms with Crippen molar-refractivity contribution in [1.82, 2.24) is 19.7 Å². The highest BCUT2D eigenvalue weighted by atomic mass is 16.1. The van der Waals surface area contributed by atoms with E-state index in [9.17, 15) is 4.79 Å². The maximum absolute atomic E-state index is 11.6. The topological polar surface area (TPSA) is 72.7 Å². The predicted octanol–water partition coefficient (Wildman–Crippen LogP) is 0.462. The lowest BCUT2D eigenvalue weighted by atomic mass is 10.3. The highest BCUT2D eigenvalue weighted by molar-refractivity contribution is 6.03. The Bertz CT molecular complexity index is 464. The lowest BCUT2D eigenvalue weighted by Crippen LogP contribution is -2.12. The summed E-state index contributed by atoms with van der Waals surface area (Å²) in [6.07, 6.45) is 6.07. The second-order valence-corrected chi connectivity index (χ2v) is 2.95. The van der Waals surface area contributed by atoms with Gasteiger partial charge in [0.25, 0.3) is 5.91 Å². The van der Waals surface area contributed by atoms with Gasteiger partial charge in [-0.3, -0.25) is 9.48 Å². The van der Waals surface area contributed by atoms with Gasteiger partial charge >= 0.3 is 0 Å². The van der Waals surface area contributed by atoms with Crippen molar-refractivity contribution in [2.45, 2.75) is 0 Å². The van der Waals surface area contributed by atoms with Crippen LogP contribution in [0.25, 0.3) is 0 Å². The van der Waals surface area contributed by atoms with Crippen LogP contribution >= 0.6 is 0 Å². The largest absolute Gasteiger partial charge is 0.306 e. The van der Waals surface area contributed by atoms with Crippen molar-refractivity contribution < 1.29 is 4.79 Å². The summed E-state index contributed by atoms with van der Waals surface area (Å²) in [4.78, 5) is 19.2. The van der Waals surface area contributed by atoms with Crippen molar-refractivity contribution >= 4 is 11.7 Å². The molecule has 0 radical (unpaired) electrons. The van der Waals surface area contributed by atoms with E-state index in [4.69, 9.17) is 0 Å². The van der Waals surface area contributed by atoms with Crippen molar-refractivity contribution in [2.24, 2.45) is 7.05 Å². The summed E-state index contributed by atoms with van der Waals surface area (Å²) in [5.74, 6) is 0.237. The van der Waals surface area contributed by atoms with Gasteiger partial charge in [-0.05, 0) is 6.07 Å². The van der Waals surface area contributed by atoms with Crippen molar-refractivity contribution in [1.29, 1.82) is 0 Å². The predicted molar refractivity (Wildman–Crippen MR) is 53.2 cm³/mol. The summed E-state index contributed by atoms with van der Waals surface area (Å²) < 4.78 is 1.56. The lowest BCUT2D eigenvalue weighted by Gasteiger charge is -2.00. The summed E-state index contributed by atoms with van der Waals surface area (Å²) in [5, 5.41) is 6.53. The molecule has 1 amide bonds. The van der Waals surface area contributed by atoms with Gasteiger partial charge < -0.3 is 5.32 Å². The van der Waals surface area contributed by atoms with E-state index in [1.165, 1.54) is 12.5 Å². The Balaban J connectivity index is 2.11. The fourth-order valence-electron chi connectivity index (χ4n) is 1.09. The monoisotopic (exact) mass is 203 g/mol. The zero-order valence-electron chi connectivity index (χ0n) is 8.08. The molecule has 0 aromatic carbocycles. The number of nitrogens with one attached hydrogen (secondary N) is 1. The minimum atomic E-state index is -0.234. The third-order valence-electron chi connectivity index (χ3n) is 1.79. The van der Waals surface area contributed by atoms with Gasteiger partial charge in [-0.15, -0.1) is 0 Å². The smallest absolute Gasteiger partial charge is 0.260 e. The van der Waals surface area contributed by atoms with Gasteiger partial charge in [0, 0.05) is 19.4 Å². The molecule has 6 nitrogen and oxygen atoms in total. The molecule has 0 unspecified atom stereocenters. The van der Waals surface area contributed by atoms with Crippen LogP contribution in [0.15, 0.2) is 31.0 Å². The second kappa shape index (κ2) is 3.87. The summed E-state index contributed by atoms with van der Waals surface area (Å²) in [6.45, 7) is 0. The number of hydrogen-bond donors (Lipinski definition) is 1. The molecule has 0 atom stereocenters. The highest BCUT2D eigenvalue weighted by Crippen LogP contribution is 2.03. The van der Waals surface area contributed by atoms with Gasteiger partial charge in [0.2, 0.25) is 0 Å². The van der Waals surface area contributed by atoms with Crippen molar-refractivity contribution in [3.8, 4) is 0 Å². The van der Waals surface area contributed by atoms with Gasteiger partial charge in [0.05, 0.1) is 11.8 Å². The third kappa shape index (κ3) is 2.16. The second-order valence-electron chi connectivity index (χ2n) is 2.95. The lowest BCUT2D eigenvalue weighted by molar-refractivity contribution is 0.102. The first kappa shape index (κ1) is 9.32. The number of carbonyl (C=O) groups is 1. The molecule has 0 aliphatic heterocycles. The average molecular weight is 203 g/mol. The molecule has 6 heteroatoms. The maximum atomic E-state index is 11.6. The summed E-state index contributed by atoms with van der Waals surface area (Å²) in [6, 6.07) is 1.62. The maximum Gasteiger partial charge on any atom is 0.260 e. The quantitative estimate of drug-likeness (QED) is 0.769. The number of nitrogens with zero attached hydrogens (tertiary/aromatic N) is 4. The summed E-state index contributed by atoms with van der Waals surface area (Å²) in [7, 11) is 1.75. The number of aryl methyl sites for hydroxylation is 1. The Kier molecular flexibility index (Phi) is 2.40. The van der Waals surface area contributed by atoms with E-state index in [0.29, 0.717) is 11.4 Å². The molecule has 0 saturated carbocycles. The molecule has 2 aromatic rings. The summed E-state index contributed by atoms with van der Waals surface area (Å²) >= 11 is 0. The van der Waals surface area contributed by atoms with Gasteiger partial charge in [0.1, 0.15) is 12.1 Å². The van der Waals surface area contributed by atoms with E-state index in [0.717, 1.165) is 0 Å². The van der Waals surface area contributed by atoms with Crippen LogP contribution in [0.1, 0.15) is 10.4 Å². The molecule has 0 fully saturated rings. The minimum Gasteiger partial charge on any atom is -0.306 e. The van der Waals surface area contributed by atoms with Crippen molar-refractivity contribution in [3.05, 3.63) is 36.5 Å². The zero-order valence-corrected chi connectivity index (χ0v) is 8.08. The van der Waals surface area contributed by atoms with Crippen LogP contribution in [0.2, 0.25) is 0 Å². The molecule has 15 heavy (non-hydrogen) atoms. The molecular formula is C9H9N5O. The van der Waals surface area contributed by atoms with E-state index in [1.54, 1.807) is 30.2 Å². The van der Waals surface area contributed by atoms with E-state index in [-0.39, 0.29) is 5.91 Å². The SMILES string of the molecule is Cn1cc(C(=O)Nc2ccncn2)cn1. The first-order valence-electron chi connectivity index (χ1n) is 4.32. The average Bonchev–Trinajstić information content (AvgIpc) is 2.66. The number of rotatable bonds is 2. The molecule has 2 heterocycles. The molecule has 1 N–H and O–H groups in total. The Morgan fingerprint density at radius 3 is 3.00 bits per heavy atom. The molecule has 0 aliphatic carbocycles.